The van der Waals surface area contributed by atoms with E-state index in [9.17, 15) is 4.79 Å². The molecule has 5 nitrogen and oxygen atoms in total. The number of rotatable bonds is 6. The van der Waals surface area contributed by atoms with Crippen molar-refractivity contribution in [2.24, 2.45) is 0 Å². The number of aryl methyl sites for hydroxylation is 1. The van der Waals surface area contributed by atoms with Crippen molar-refractivity contribution < 1.29 is 4.79 Å². The molecule has 1 heterocycles. The standard InChI is InChI=1S/C16H18Cl2N4O/c1-3-4-8-19-15(23)13-9-10(2)20-16(22-13)21-12-7-5-6-11(17)14(12)18/h5-7,9H,3-4,8H2,1-2H3,(H,19,23)(H,20,21,22). The number of anilines is 2. The van der Waals surface area contributed by atoms with Crippen molar-refractivity contribution in [3.05, 3.63) is 45.7 Å². The third-order valence-corrected chi connectivity index (χ3v) is 3.92. The number of carbonyl (C=O) groups excluding carboxylic acids is 1. The second kappa shape index (κ2) is 8.13. The van der Waals surface area contributed by atoms with Crippen LogP contribution in [-0.4, -0.2) is 22.4 Å². The first-order valence-corrected chi connectivity index (χ1v) is 8.11. The fourth-order valence-corrected chi connectivity index (χ4v) is 2.28. The van der Waals surface area contributed by atoms with Crippen LogP contribution in [0, 0.1) is 6.92 Å². The van der Waals surface area contributed by atoms with Crippen LogP contribution in [-0.2, 0) is 0 Å². The number of unbranched alkanes of at least 4 members (excludes halogenated alkanes) is 1. The molecule has 0 aliphatic heterocycles. The Balaban J connectivity index is 2.20. The number of aromatic nitrogens is 2. The molecule has 2 N–H and O–H groups in total. The van der Waals surface area contributed by atoms with E-state index in [4.69, 9.17) is 23.2 Å². The highest BCUT2D eigenvalue weighted by atomic mass is 35.5. The number of halogens is 2. The second-order valence-electron chi connectivity index (χ2n) is 5.05. The minimum atomic E-state index is -0.218. The number of hydrogen-bond acceptors (Lipinski definition) is 4. The van der Waals surface area contributed by atoms with E-state index < -0.39 is 0 Å². The van der Waals surface area contributed by atoms with E-state index in [0.29, 0.717) is 39.6 Å². The van der Waals surface area contributed by atoms with Crippen LogP contribution in [0.3, 0.4) is 0 Å². The van der Waals surface area contributed by atoms with E-state index in [1.807, 2.05) is 0 Å². The van der Waals surface area contributed by atoms with Crippen LogP contribution < -0.4 is 10.6 Å². The number of benzene rings is 1. The summed E-state index contributed by atoms with van der Waals surface area (Å²) < 4.78 is 0. The third kappa shape index (κ3) is 4.81. The first-order valence-electron chi connectivity index (χ1n) is 7.36. The molecule has 1 aromatic heterocycles. The second-order valence-corrected chi connectivity index (χ2v) is 5.84. The summed E-state index contributed by atoms with van der Waals surface area (Å²) in [4.78, 5) is 20.6. The minimum absolute atomic E-state index is 0.218. The molecule has 2 aromatic rings. The molecule has 1 amide bonds. The Morgan fingerprint density at radius 3 is 2.78 bits per heavy atom. The Bertz CT molecular complexity index is 706. The topological polar surface area (TPSA) is 66.9 Å². The molecule has 0 spiro atoms. The molecule has 0 saturated heterocycles. The average molecular weight is 353 g/mol. The van der Waals surface area contributed by atoms with Crippen LogP contribution in [0.2, 0.25) is 10.0 Å². The Kier molecular flexibility index (Phi) is 6.19. The highest BCUT2D eigenvalue weighted by Gasteiger charge is 2.12. The summed E-state index contributed by atoms with van der Waals surface area (Å²) in [6.07, 6.45) is 1.95. The zero-order valence-electron chi connectivity index (χ0n) is 13.0. The van der Waals surface area contributed by atoms with Gasteiger partial charge in [0.05, 0.1) is 15.7 Å². The molecule has 0 unspecified atom stereocenters. The molecule has 0 fully saturated rings. The van der Waals surface area contributed by atoms with Crippen LogP contribution >= 0.6 is 23.2 Å². The summed E-state index contributed by atoms with van der Waals surface area (Å²) in [7, 11) is 0. The number of carbonyl (C=O) groups is 1. The van der Waals surface area contributed by atoms with Crippen molar-refractivity contribution in [1.82, 2.24) is 15.3 Å². The van der Waals surface area contributed by atoms with Gasteiger partial charge < -0.3 is 10.6 Å². The Morgan fingerprint density at radius 2 is 2.04 bits per heavy atom. The molecule has 0 aliphatic rings. The highest BCUT2D eigenvalue weighted by molar-refractivity contribution is 6.43. The Labute approximate surface area is 145 Å². The van der Waals surface area contributed by atoms with Gasteiger partial charge in [0.15, 0.2) is 0 Å². The first-order chi connectivity index (χ1) is 11.0. The number of nitrogens with one attached hydrogen (secondary N) is 2. The summed E-state index contributed by atoms with van der Waals surface area (Å²) in [6.45, 7) is 4.49. The molecule has 0 saturated carbocycles. The van der Waals surface area contributed by atoms with Crippen molar-refractivity contribution >= 4 is 40.7 Å². The van der Waals surface area contributed by atoms with Gasteiger partial charge in [0.1, 0.15) is 5.69 Å². The van der Waals surface area contributed by atoms with Gasteiger partial charge in [-0.1, -0.05) is 42.6 Å². The summed E-state index contributed by atoms with van der Waals surface area (Å²) >= 11 is 12.1. The first kappa shape index (κ1) is 17.5. The SMILES string of the molecule is CCCCNC(=O)c1cc(C)nc(Nc2cccc(Cl)c2Cl)n1. The van der Waals surface area contributed by atoms with E-state index in [-0.39, 0.29) is 5.91 Å². The fraction of sp³-hybridized carbons (Fsp3) is 0.312. The molecule has 122 valence electrons. The normalized spacial score (nSPS) is 10.4. The van der Waals surface area contributed by atoms with Crippen LogP contribution in [0.4, 0.5) is 11.6 Å². The number of amides is 1. The van der Waals surface area contributed by atoms with Gasteiger partial charge in [0.25, 0.3) is 5.91 Å². The molecule has 23 heavy (non-hydrogen) atoms. The quantitative estimate of drug-likeness (QED) is 0.757. The lowest BCUT2D eigenvalue weighted by Crippen LogP contribution is -2.25. The summed E-state index contributed by atoms with van der Waals surface area (Å²) in [6, 6.07) is 6.87. The number of nitrogens with zero attached hydrogens (tertiary/aromatic N) is 2. The van der Waals surface area contributed by atoms with Crippen LogP contribution in [0.5, 0.6) is 0 Å². The minimum Gasteiger partial charge on any atom is -0.351 e. The van der Waals surface area contributed by atoms with Crippen molar-refractivity contribution in [3.63, 3.8) is 0 Å². The predicted molar refractivity (Wildman–Crippen MR) is 93.8 cm³/mol. The van der Waals surface area contributed by atoms with E-state index in [0.717, 1.165) is 12.8 Å². The molecule has 0 radical (unpaired) electrons. The van der Waals surface area contributed by atoms with Crippen LogP contribution in [0.15, 0.2) is 24.3 Å². The van der Waals surface area contributed by atoms with Gasteiger partial charge in [0, 0.05) is 12.2 Å². The van der Waals surface area contributed by atoms with Crippen molar-refractivity contribution in [2.45, 2.75) is 26.7 Å². The van der Waals surface area contributed by atoms with Gasteiger partial charge >= 0.3 is 0 Å². The lowest BCUT2D eigenvalue weighted by Gasteiger charge is -2.10. The van der Waals surface area contributed by atoms with Crippen LogP contribution in [0.25, 0.3) is 0 Å². The van der Waals surface area contributed by atoms with Crippen molar-refractivity contribution in [2.75, 3.05) is 11.9 Å². The zero-order chi connectivity index (χ0) is 16.8. The monoisotopic (exact) mass is 352 g/mol. The van der Waals surface area contributed by atoms with E-state index in [1.54, 1.807) is 31.2 Å². The smallest absolute Gasteiger partial charge is 0.270 e. The molecule has 2 rings (SSSR count). The lowest BCUT2D eigenvalue weighted by atomic mass is 10.3. The largest absolute Gasteiger partial charge is 0.351 e. The lowest BCUT2D eigenvalue weighted by molar-refractivity contribution is 0.0948. The highest BCUT2D eigenvalue weighted by Crippen LogP contribution is 2.30. The fourth-order valence-electron chi connectivity index (χ4n) is 1.93. The van der Waals surface area contributed by atoms with Gasteiger partial charge in [-0.2, -0.15) is 0 Å². The molecule has 0 bridgehead atoms. The molecule has 7 heteroatoms. The molecular weight excluding hydrogens is 335 g/mol. The molecule has 0 aliphatic carbocycles. The predicted octanol–water partition coefficient (Wildman–Crippen LogP) is 4.37. The van der Waals surface area contributed by atoms with Gasteiger partial charge in [0.2, 0.25) is 5.95 Å². The van der Waals surface area contributed by atoms with Gasteiger partial charge in [-0.3, -0.25) is 4.79 Å². The Hall–Kier alpha value is -1.85. The summed E-state index contributed by atoms with van der Waals surface area (Å²) in [5, 5.41) is 6.65. The van der Waals surface area contributed by atoms with E-state index in [2.05, 4.69) is 27.5 Å². The third-order valence-electron chi connectivity index (χ3n) is 3.10. The summed E-state index contributed by atoms with van der Waals surface area (Å²) in [5.41, 5.74) is 1.58. The number of hydrogen-bond donors (Lipinski definition) is 2. The van der Waals surface area contributed by atoms with Crippen molar-refractivity contribution in [3.8, 4) is 0 Å². The maximum atomic E-state index is 12.1. The average Bonchev–Trinajstić information content (AvgIpc) is 2.51. The molecule has 1 aromatic carbocycles. The van der Waals surface area contributed by atoms with Crippen LogP contribution in [0.1, 0.15) is 35.9 Å². The molecule has 0 atom stereocenters. The van der Waals surface area contributed by atoms with Crippen molar-refractivity contribution in [1.29, 1.82) is 0 Å². The van der Waals surface area contributed by atoms with Gasteiger partial charge in [-0.25, -0.2) is 9.97 Å². The zero-order valence-corrected chi connectivity index (χ0v) is 14.5. The maximum absolute atomic E-state index is 12.1. The van der Waals surface area contributed by atoms with Gasteiger partial charge in [-0.15, -0.1) is 0 Å². The summed E-state index contributed by atoms with van der Waals surface area (Å²) in [5.74, 6) is 0.0824. The van der Waals surface area contributed by atoms with Gasteiger partial charge in [-0.05, 0) is 31.5 Å². The van der Waals surface area contributed by atoms with E-state index >= 15 is 0 Å². The molecular formula is C16H18Cl2N4O. The maximum Gasteiger partial charge on any atom is 0.270 e. The van der Waals surface area contributed by atoms with E-state index in [1.165, 1.54) is 0 Å². The Morgan fingerprint density at radius 1 is 1.26 bits per heavy atom.